The lowest BCUT2D eigenvalue weighted by Crippen LogP contribution is -2.27. The molecule has 2 amide bonds. The molecule has 0 saturated heterocycles. The predicted octanol–water partition coefficient (Wildman–Crippen LogP) is 1.86. The van der Waals surface area contributed by atoms with Crippen molar-refractivity contribution in [2.75, 3.05) is 19.0 Å². The molecular formula is C17H19N3O4. The number of anilines is 1. The van der Waals surface area contributed by atoms with Crippen LogP contribution in [0.3, 0.4) is 0 Å². The number of hydrogen-bond donors (Lipinski definition) is 3. The fourth-order valence-corrected chi connectivity index (χ4v) is 1.96. The first-order chi connectivity index (χ1) is 11.5. The van der Waals surface area contributed by atoms with Gasteiger partial charge >= 0.3 is 0 Å². The van der Waals surface area contributed by atoms with Crippen LogP contribution in [0.2, 0.25) is 0 Å². The van der Waals surface area contributed by atoms with Gasteiger partial charge in [0.05, 0.1) is 12.7 Å². The van der Waals surface area contributed by atoms with Crippen molar-refractivity contribution in [1.29, 1.82) is 0 Å². The summed E-state index contributed by atoms with van der Waals surface area (Å²) in [4.78, 5) is 27.9. The lowest BCUT2D eigenvalue weighted by Gasteiger charge is -2.08. The van der Waals surface area contributed by atoms with Crippen LogP contribution in [0.4, 0.5) is 5.82 Å². The predicted molar refractivity (Wildman–Crippen MR) is 89.2 cm³/mol. The zero-order valence-electron chi connectivity index (χ0n) is 13.5. The normalized spacial score (nSPS) is 10.1. The maximum Gasteiger partial charge on any atom is 0.255 e. The van der Waals surface area contributed by atoms with E-state index < -0.39 is 5.91 Å². The van der Waals surface area contributed by atoms with E-state index in [0.717, 1.165) is 5.56 Å². The number of phenolic OH excluding ortho intramolecular Hbond substituents is 1. The van der Waals surface area contributed by atoms with Gasteiger partial charge in [-0.1, -0.05) is 6.07 Å². The molecule has 0 aliphatic carbocycles. The highest BCUT2D eigenvalue weighted by molar-refractivity contribution is 5.97. The number of carbonyl (C=O) groups is 2. The molecule has 1 aromatic carbocycles. The van der Waals surface area contributed by atoms with E-state index in [2.05, 4.69) is 15.6 Å². The van der Waals surface area contributed by atoms with Gasteiger partial charge < -0.3 is 20.5 Å². The van der Waals surface area contributed by atoms with Gasteiger partial charge in [0.2, 0.25) is 5.91 Å². The van der Waals surface area contributed by atoms with Crippen LogP contribution in [0.15, 0.2) is 36.5 Å². The largest absolute Gasteiger partial charge is 0.507 e. The zero-order chi connectivity index (χ0) is 17.5. The van der Waals surface area contributed by atoms with Crippen LogP contribution in [0, 0.1) is 6.92 Å². The van der Waals surface area contributed by atoms with E-state index in [9.17, 15) is 14.7 Å². The Labute approximate surface area is 139 Å². The van der Waals surface area contributed by atoms with Gasteiger partial charge in [0, 0.05) is 25.2 Å². The lowest BCUT2D eigenvalue weighted by molar-refractivity contribution is -0.116. The molecule has 0 spiro atoms. The number of aryl methyl sites for hydroxylation is 1. The average Bonchev–Trinajstić information content (AvgIpc) is 2.56. The number of phenols is 1. The van der Waals surface area contributed by atoms with Crippen LogP contribution in [-0.2, 0) is 4.79 Å². The second-order valence-electron chi connectivity index (χ2n) is 5.16. The van der Waals surface area contributed by atoms with Gasteiger partial charge in [-0.25, -0.2) is 4.98 Å². The van der Waals surface area contributed by atoms with Gasteiger partial charge in [-0.2, -0.15) is 0 Å². The lowest BCUT2D eigenvalue weighted by atomic mass is 10.1. The number of benzene rings is 1. The minimum Gasteiger partial charge on any atom is -0.507 e. The molecule has 0 radical (unpaired) electrons. The maximum absolute atomic E-state index is 12.0. The molecule has 7 nitrogen and oxygen atoms in total. The minimum absolute atomic E-state index is 0.0954. The van der Waals surface area contributed by atoms with Gasteiger partial charge in [0.1, 0.15) is 17.3 Å². The second-order valence-corrected chi connectivity index (χ2v) is 5.16. The number of aromatic nitrogens is 1. The van der Waals surface area contributed by atoms with Crippen molar-refractivity contribution in [2.45, 2.75) is 13.3 Å². The number of rotatable bonds is 6. The molecule has 2 aromatic rings. The summed E-state index contributed by atoms with van der Waals surface area (Å²) >= 11 is 0. The second kappa shape index (κ2) is 7.96. The Morgan fingerprint density at radius 1 is 1.25 bits per heavy atom. The van der Waals surface area contributed by atoms with Crippen molar-refractivity contribution in [2.24, 2.45) is 0 Å². The minimum atomic E-state index is -0.462. The first-order valence-corrected chi connectivity index (χ1v) is 7.37. The molecule has 0 atom stereocenters. The number of ether oxygens (including phenoxy) is 1. The van der Waals surface area contributed by atoms with Crippen LogP contribution < -0.4 is 15.4 Å². The standard InChI is InChI=1S/C17H19N3O4/c1-11-3-6-15(19-10-11)20-16(22)7-8-18-17(23)13-5-4-12(24-2)9-14(13)21/h3-6,9-10,21H,7-8H2,1-2H3,(H,18,23)(H,19,20,22). The van der Waals surface area contributed by atoms with Gasteiger partial charge in [-0.3, -0.25) is 9.59 Å². The van der Waals surface area contributed by atoms with Gasteiger partial charge in [0.15, 0.2) is 0 Å². The van der Waals surface area contributed by atoms with Crippen molar-refractivity contribution in [1.82, 2.24) is 10.3 Å². The summed E-state index contributed by atoms with van der Waals surface area (Å²) in [5.41, 5.74) is 1.12. The monoisotopic (exact) mass is 329 g/mol. The number of pyridine rings is 1. The number of nitrogens with zero attached hydrogens (tertiary/aromatic N) is 1. The van der Waals surface area contributed by atoms with Crippen LogP contribution in [-0.4, -0.2) is 35.6 Å². The summed E-state index contributed by atoms with van der Waals surface area (Å²) in [5, 5.41) is 15.0. The highest BCUT2D eigenvalue weighted by atomic mass is 16.5. The molecule has 7 heteroatoms. The summed E-state index contributed by atoms with van der Waals surface area (Å²) in [7, 11) is 1.47. The molecule has 0 saturated carbocycles. The summed E-state index contributed by atoms with van der Waals surface area (Å²) in [6.45, 7) is 2.05. The third kappa shape index (κ3) is 4.70. The van der Waals surface area contributed by atoms with Crippen molar-refractivity contribution in [3.05, 3.63) is 47.7 Å². The molecule has 3 N–H and O–H groups in total. The van der Waals surface area contributed by atoms with Gasteiger partial charge in [-0.15, -0.1) is 0 Å². The Bertz CT molecular complexity index is 729. The molecule has 1 heterocycles. The first-order valence-electron chi connectivity index (χ1n) is 7.37. The number of amides is 2. The van der Waals surface area contributed by atoms with E-state index in [1.54, 1.807) is 18.3 Å². The van der Waals surface area contributed by atoms with Gasteiger partial charge in [-0.05, 0) is 30.7 Å². The van der Waals surface area contributed by atoms with Crippen LogP contribution >= 0.6 is 0 Å². The first kappa shape index (κ1) is 17.3. The maximum atomic E-state index is 12.0. The third-order valence-corrected chi connectivity index (χ3v) is 3.27. The molecule has 0 aliphatic heterocycles. The summed E-state index contributed by atoms with van der Waals surface area (Å²) in [6, 6.07) is 7.94. The fourth-order valence-electron chi connectivity index (χ4n) is 1.96. The molecule has 1 aromatic heterocycles. The van der Waals surface area contributed by atoms with Crippen LogP contribution in [0.5, 0.6) is 11.5 Å². The van der Waals surface area contributed by atoms with E-state index in [0.29, 0.717) is 11.6 Å². The Kier molecular flexibility index (Phi) is 5.73. The van der Waals surface area contributed by atoms with E-state index in [-0.39, 0.29) is 30.2 Å². The Balaban J connectivity index is 1.81. The summed E-state index contributed by atoms with van der Waals surface area (Å²) in [6.07, 6.45) is 1.75. The molecular weight excluding hydrogens is 310 g/mol. The zero-order valence-corrected chi connectivity index (χ0v) is 13.5. The summed E-state index contributed by atoms with van der Waals surface area (Å²) < 4.78 is 4.96. The molecule has 0 fully saturated rings. The quantitative estimate of drug-likeness (QED) is 0.751. The fraction of sp³-hybridized carbons (Fsp3) is 0.235. The third-order valence-electron chi connectivity index (χ3n) is 3.27. The number of methoxy groups -OCH3 is 1. The SMILES string of the molecule is COc1ccc(C(=O)NCCC(=O)Nc2ccc(C)cn2)c(O)c1. The van der Waals surface area contributed by atoms with Crippen LogP contribution in [0.25, 0.3) is 0 Å². The number of hydrogen-bond acceptors (Lipinski definition) is 5. The van der Waals surface area contributed by atoms with Crippen molar-refractivity contribution in [3.63, 3.8) is 0 Å². The van der Waals surface area contributed by atoms with E-state index in [4.69, 9.17) is 4.74 Å². The molecule has 2 rings (SSSR count). The van der Waals surface area contributed by atoms with E-state index in [1.165, 1.54) is 19.2 Å². The number of aromatic hydroxyl groups is 1. The average molecular weight is 329 g/mol. The highest BCUT2D eigenvalue weighted by Gasteiger charge is 2.12. The topological polar surface area (TPSA) is 101 Å². The highest BCUT2D eigenvalue weighted by Crippen LogP contribution is 2.23. The Morgan fingerprint density at radius 3 is 2.67 bits per heavy atom. The number of carbonyl (C=O) groups excluding carboxylic acids is 2. The Morgan fingerprint density at radius 2 is 2.04 bits per heavy atom. The van der Waals surface area contributed by atoms with E-state index in [1.807, 2.05) is 13.0 Å². The van der Waals surface area contributed by atoms with Crippen molar-refractivity contribution >= 4 is 17.6 Å². The van der Waals surface area contributed by atoms with Gasteiger partial charge in [0.25, 0.3) is 5.91 Å². The van der Waals surface area contributed by atoms with Crippen molar-refractivity contribution in [3.8, 4) is 11.5 Å². The van der Waals surface area contributed by atoms with Crippen LogP contribution in [0.1, 0.15) is 22.3 Å². The molecule has 24 heavy (non-hydrogen) atoms. The summed E-state index contributed by atoms with van der Waals surface area (Å²) in [5.74, 6) is 0.0147. The molecule has 0 bridgehead atoms. The smallest absolute Gasteiger partial charge is 0.255 e. The molecule has 0 aliphatic rings. The molecule has 126 valence electrons. The van der Waals surface area contributed by atoms with Crippen molar-refractivity contribution < 1.29 is 19.4 Å². The number of nitrogens with one attached hydrogen (secondary N) is 2. The van der Waals surface area contributed by atoms with E-state index >= 15 is 0 Å². The Hall–Kier alpha value is -3.09. The molecule has 0 unspecified atom stereocenters.